The monoisotopic (exact) mass is 539 g/mol. The first-order valence-electron chi connectivity index (χ1n) is 13.5. The highest BCUT2D eigenvalue weighted by molar-refractivity contribution is 5.62. The Morgan fingerprint density at radius 2 is 2.10 bits per heavy atom. The van der Waals surface area contributed by atoms with Crippen LogP contribution in [0.1, 0.15) is 46.0 Å². The lowest BCUT2D eigenvalue weighted by Gasteiger charge is -2.47. The summed E-state index contributed by atoms with van der Waals surface area (Å²) in [6.07, 6.45) is 6.04. The molecule has 3 aliphatic rings. The molecule has 0 saturated carbocycles. The number of aryl methyl sites for hydroxylation is 1. The van der Waals surface area contributed by atoms with Crippen LogP contribution in [0.3, 0.4) is 0 Å². The molecule has 3 atom stereocenters. The minimum absolute atomic E-state index is 0.0466. The highest BCUT2D eigenvalue weighted by atomic mass is 19.1. The first-order chi connectivity index (χ1) is 18.8. The summed E-state index contributed by atoms with van der Waals surface area (Å²) in [6.45, 7) is 6.75. The molecule has 0 bridgehead atoms. The van der Waals surface area contributed by atoms with Crippen molar-refractivity contribution < 1.29 is 13.9 Å². The number of halogens is 1. The number of hydrogen-bond donors (Lipinski definition) is 2. The summed E-state index contributed by atoms with van der Waals surface area (Å²) in [5.41, 5.74) is 0.622. The Morgan fingerprint density at radius 3 is 2.87 bits per heavy atom. The van der Waals surface area contributed by atoms with Crippen molar-refractivity contribution in [2.45, 2.75) is 69.7 Å². The van der Waals surface area contributed by atoms with Crippen molar-refractivity contribution in [1.29, 1.82) is 0 Å². The lowest BCUT2D eigenvalue weighted by Crippen LogP contribution is -2.55. The molecule has 3 saturated heterocycles. The van der Waals surface area contributed by atoms with Gasteiger partial charge in [-0.05, 0) is 74.7 Å². The van der Waals surface area contributed by atoms with Crippen LogP contribution in [0, 0.1) is 5.82 Å². The number of piperidine rings is 1. The molecule has 12 nitrogen and oxygen atoms in total. The van der Waals surface area contributed by atoms with Crippen LogP contribution in [-0.4, -0.2) is 78.1 Å². The standard InChI is InChI=1S/C26H34FN9O3/c1-26(2)13-17(11-18-5-4-9-35(18)26)29-23-20(27)14-28-24(31-23)30-16-6-7-22(39-19-8-10-38-15-19)21(12-16)36-25(37)34(3)32-33-36/h6-7,12,14,17-19H,4-5,8-11,13,15H2,1-3H3,(H2,28,29,30,31)/t17-,18+,19+/m1/s1. The third kappa shape index (κ3) is 5.20. The van der Waals surface area contributed by atoms with Gasteiger partial charge in [0.2, 0.25) is 5.95 Å². The molecule has 0 aliphatic carbocycles. The number of tetrazole rings is 1. The van der Waals surface area contributed by atoms with E-state index in [2.05, 4.69) is 49.8 Å². The summed E-state index contributed by atoms with van der Waals surface area (Å²) >= 11 is 0. The number of rotatable bonds is 7. The molecule has 13 heteroatoms. The number of ether oxygens (including phenoxy) is 2. The molecule has 5 heterocycles. The van der Waals surface area contributed by atoms with Gasteiger partial charge in [-0.1, -0.05) is 0 Å². The molecule has 0 radical (unpaired) electrons. The lowest BCUT2D eigenvalue weighted by atomic mass is 9.84. The van der Waals surface area contributed by atoms with E-state index in [1.165, 1.54) is 30.8 Å². The maximum Gasteiger partial charge on any atom is 0.368 e. The molecule has 0 spiro atoms. The molecule has 3 aliphatic heterocycles. The molecule has 2 N–H and O–H groups in total. The molecule has 3 fully saturated rings. The van der Waals surface area contributed by atoms with E-state index < -0.39 is 11.5 Å². The van der Waals surface area contributed by atoms with Crippen LogP contribution in [0.4, 0.5) is 21.8 Å². The average molecular weight is 540 g/mol. The van der Waals surface area contributed by atoms with Gasteiger partial charge in [-0.15, -0.1) is 0 Å². The van der Waals surface area contributed by atoms with Gasteiger partial charge in [-0.2, -0.15) is 14.3 Å². The van der Waals surface area contributed by atoms with Gasteiger partial charge in [0.1, 0.15) is 17.5 Å². The maximum atomic E-state index is 14.8. The minimum atomic E-state index is -0.499. The van der Waals surface area contributed by atoms with Gasteiger partial charge in [-0.25, -0.2) is 14.2 Å². The van der Waals surface area contributed by atoms with Crippen LogP contribution in [-0.2, 0) is 11.8 Å². The van der Waals surface area contributed by atoms with Crippen LogP contribution < -0.4 is 21.1 Å². The fraction of sp³-hybridized carbons (Fsp3) is 0.577. The number of fused-ring (bicyclic) bond motifs is 1. The normalized spacial score (nSPS) is 24.5. The molecule has 6 rings (SSSR count). The number of aromatic nitrogens is 6. The van der Waals surface area contributed by atoms with Crippen molar-refractivity contribution in [3.05, 3.63) is 40.7 Å². The van der Waals surface area contributed by atoms with Crippen molar-refractivity contribution in [3.8, 4) is 11.4 Å². The van der Waals surface area contributed by atoms with Gasteiger partial charge in [-0.3, -0.25) is 4.90 Å². The fourth-order valence-corrected chi connectivity index (χ4v) is 6.08. The predicted molar refractivity (Wildman–Crippen MR) is 142 cm³/mol. The van der Waals surface area contributed by atoms with Crippen molar-refractivity contribution in [2.75, 3.05) is 30.4 Å². The van der Waals surface area contributed by atoms with E-state index in [0.717, 1.165) is 30.5 Å². The second kappa shape index (κ2) is 10.2. The molecular weight excluding hydrogens is 505 g/mol. The SMILES string of the molecule is Cn1nnn(-c2cc(Nc3ncc(F)c(N[C@@H]4C[C@@H]5CCCN5C(C)(C)C4)n3)ccc2O[C@H]2CCOC2)c1=O. The molecule has 0 amide bonds. The van der Waals surface area contributed by atoms with E-state index in [-0.39, 0.29) is 29.5 Å². The zero-order chi connectivity index (χ0) is 27.1. The Bertz CT molecular complexity index is 1400. The number of nitrogens with zero attached hydrogens (tertiary/aromatic N) is 7. The van der Waals surface area contributed by atoms with Gasteiger partial charge in [0.15, 0.2) is 11.6 Å². The van der Waals surface area contributed by atoms with Gasteiger partial charge in [0.25, 0.3) is 0 Å². The van der Waals surface area contributed by atoms with Crippen LogP contribution in [0.25, 0.3) is 5.69 Å². The largest absolute Gasteiger partial charge is 0.486 e. The van der Waals surface area contributed by atoms with Crippen LogP contribution in [0.5, 0.6) is 5.75 Å². The molecular formula is C26H34FN9O3. The number of hydrogen-bond acceptors (Lipinski definition) is 10. The van der Waals surface area contributed by atoms with Crippen LogP contribution in [0.15, 0.2) is 29.2 Å². The highest BCUT2D eigenvalue weighted by Crippen LogP contribution is 2.38. The lowest BCUT2D eigenvalue weighted by molar-refractivity contribution is 0.0500. The third-order valence-corrected chi connectivity index (χ3v) is 7.89. The number of benzene rings is 1. The first-order valence-corrected chi connectivity index (χ1v) is 13.5. The molecule has 208 valence electrons. The van der Waals surface area contributed by atoms with Crippen molar-refractivity contribution in [2.24, 2.45) is 7.05 Å². The Morgan fingerprint density at radius 1 is 1.23 bits per heavy atom. The number of anilines is 3. The topological polar surface area (TPSA) is 124 Å². The van der Waals surface area contributed by atoms with E-state index in [1.807, 2.05) is 0 Å². The van der Waals surface area contributed by atoms with E-state index >= 15 is 0 Å². The van der Waals surface area contributed by atoms with Gasteiger partial charge in [0.05, 0.1) is 19.4 Å². The quantitative estimate of drug-likeness (QED) is 0.463. The second-order valence-corrected chi connectivity index (χ2v) is 11.2. The van der Waals surface area contributed by atoms with E-state index in [0.29, 0.717) is 36.4 Å². The minimum Gasteiger partial charge on any atom is -0.486 e. The fourth-order valence-electron chi connectivity index (χ4n) is 6.08. The van der Waals surface area contributed by atoms with Crippen LogP contribution >= 0.6 is 0 Å². The van der Waals surface area contributed by atoms with E-state index in [4.69, 9.17) is 9.47 Å². The van der Waals surface area contributed by atoms with Crippen molar-refractivity contribution in [3.63, 3.8) is 0 Å². The average Bonchev–Trinajstić information content (AvgIpc) is 3.65. The highest BCUT2D eigenvalue weighted by Gasteiger charge is 2.43. The summed E-state index contributed by atoms with van der Waals surface area (Å²) in [7, 11) is 1.53. The molecule has 2 aromatic heterocycles. The smallest absolute Gasteiger partial charge is 0.368 e. The van der Waals surface area contributed by atoms with E-state index in [1.54, 1.807) is 18.2 Å². The first kappa shape index (κ1) is 25.7. The molecule has 1 aromatic carbocycles. The summed E-state index contributed by atoms with van der Waals surface area (Å²) in [4.78, 5) is 23.8. The summed E-state index contributed by atoms with van der Waals surface area (Å²) in [6, 6.07) is 5.86. The molecule has 0 unspecified atom stereocenters. The van der Waals surface area contributed by atoms with Crippen molar-refractivity contribution >= 4 is 17.5 Å². The second-order valence-electron chi connectivity index (χ2n) is 11.2. The van der Waals surface area contributed by atoms with E-state index in [9.17, 15) is 9.18 Å². The molecule has 39 heavy (non-hydrogen) atoms. The molecule has 3 aromatic rings. The summed E-state index contributed by atoms with van der Waals surface area (Å²) in [5, 5.41) is 14.3. The zero-order valence-corrected chi connectivity index (χ0v) is 22.4. The third-order valence-electron chi connectivity index (χ3n) is 7.89. The Balaban J connectivity index is 1.24. The van der Waals surface area contributed by atoms with Crippen LogP contribution in [0.2, 0.25) is 0 Å². The summed E-state index contributed by atoms with van der Waals surface area (Å²) in [5.74, 6) is 0.376. The van der Waals surface area contributed by atoms with Gasteiger partial charge in [0, 0.05) is 36.8 Å². The van der Waals surface area contributed by atoms with Crippen molar-refractivity contribution in [1.82, 2.24) is 34.7 Å². The maximum absolute atomic E-state index is 14.8. The Labute approximate surface area is 225 Å². The Hall–Kier alpha value is -3.58. The van der Waals surface area contributed by atoms with Gasteiger partial charge >= 0.3 is 5.69 Å². The predicted octanol–water partition coefficient (Wildman–Crippen LogP) is 2.62. The van der Waals surface area contributed by atoms with Gasteiger partial charge < -0.3 is 20.1 Å². The zero-order valence-electron chi connectivity index (χ0n) is 22.4. The number of nitrogens with one attached hydrogen (secondary N) is 2. The Kier molecular flexibility index (Phi) is 6.71. The summed E-state index contributed by atoms with van der Waals surface area (Å²) < 4.78 is 28.6.